The van der Waals surface area contributed by atoms with Crippen molar-refractivity contribution in [2.45, 2.75) is 19.8 Å². The van der Waals surface area contributed by atoms with Crippen molar-refractivity contribution in [3.8, 4) is 0 Å². The first-order chi connectivity index (χ1) is 9.20. The summed E-state index contributed by atoms with van der Waals surface area (Å²) in [7, 11) is 1.66. The van der Waals surface area contributed by atoms with Crippen LogP contribution in [0, 0.1) is 5.92 Å². The molecule has 1 aromatic heterocycles. The number of carbonyl (C=O) groups is 1. The molecule has 0 amide bonds. The van der Waals surface area contributed by atoms with E-state index in [4.69, 9.17) is 4.74 Å². The number of hydrogen-bond acceptors (Lipinski definition) is 3. The molecular weight excluding hydrogens is 238 g/mol. The Kier molecular flexibility index (Phi) is 4.63. The van der Waals surface area contributed by atoms with E-state index in [1.165, 1.54) is 0 Å². The summed E-state index contributed by atoms with van der Waals surface area (Å²) in [6.45, 7) is 2.66. The number of ketones is 1. The van der Waals surface area contributed by atoms with Crippen molar-refractivity contribution < 1.29 is 9.53 Å². The minimum Gasteiger partial charge on any atom is -0.384 e. The number of Topliss-reactive ketones (excluding diaryl/α,β-unsaturated/α-hetero) is 1. The summed E-state index contributed by atoms with van der Waals surface area (Å²) in [5.41, 5.74) is 2.00. The van der Waals surface area contributed by atoms with Crippen LogP contribution >= 0.6 is 0 Å². The smallest absolute Gasteiger partial charge is 0.137 e. The van der Waals surface area contributed by atoms with Gasteiger partial charge in [-0.3, -0.25) is 9.78 Å². The zero-order valence-corrected chi connectivity index (χ0v) is 11.4. The van der Waals surface area contributed by atoms with Crippen molar-refractivity contribution in [1.29, 1.82) is 0 Å². The SMILES string of the molecule is COCC(C)CC(=O)Cc1ccnc2ccccc12. The molecule has 1 unspecified atom stereocenters. The van der Waals surface area contributed by atoms with Crippen molar-refractivity contribution in [3.63, 3.8) is 0 Å². The van der Waals surface area contributed by atoms with Gasteiger partial charge >= 0.3 is 0 Å². The van der Waals surface area contributed by atoms with Gasteiger partial charge in [-0.15, -0.1) is 0 Å². The Balaban J connectivity index is 2.11. The second-order valence-corrected chi connectivity index (χ2v) is 4.97. The standard InChI is InChI=1S/C16H19NO2/c1-12(11-19-2)9-14(18)10-13-7-8-17-16-6-4-3-5-15(13)16/h3-8,12H,9-11H2,1-2H3. The number of benzene rings is 1. The molecule has 0 saturated carbocycles. The highest BCUT2D eigenvalue weighted by Crippen LogP contribution is 2.18. The Morgan fingerprint density at radius 3 is 2.89 bits per heavy atom. The van der Waals surface area contributed by atoms with Crippen molar-refractivity contribution in [2.24, 2.45) is 5.92 Å². The minimum atomic E-state index is 0.251. The van der Waals surface area contributed by atoms with Crippen molar-refractivity contribution >= 4 is 16.7 Å². The van der Waals surface area contributed by atoms with Gasteiger partial charge in [0.2, 0.25) is 0 Å². The molecule has 2 aromatic rings. The van der Waals surface area contributed by atoms with E-state index in [0.717, 1.165) is 16.5 Å². The summed E-state index contributed by atoms with van der Waals surface area (Å²) in [6, 6.07) is 9.86. The highest BCUT2D eigenvalue weighted by molar-refractivity contribution is 5.88. The molecule has 2 rings (SSSR count). The molecule has 0 bridgehead atoms. The second kappa shape index (κ2) is 6.43. The molecule has 1 aromatic carbocycles. The van der Waals surface area contributed by atoms with Crippen LogP contribution in [-0.4, -0.2) is 24.5 Å². The molecular formula is C16H19NO2. The highest BCUT2D eigenvalue weighted by Gasteiger charge is 2.11. The van der Waals surface area contributed by atoms with E-state index in [2.05, 4.69) is 4.98 Å². The summed E-state index contributed by atoms with van der Waals surface area (Å²) >= 11 is 0. The number of pyridine rings is 1. The van der Waals surface area contributed by atoms with Crippen LogP contribution in [0.15, 0.2) is 36.5 Å². The maximum atomic E-state index is 12.1. The average molecular weight is 257 g/mol. The summed E-state index contributed by atoms with van der Waals surface area (Å²) in [6.07, 6.45) is 2.80. The summed E-state index contributed by atoms with van der Waals surface area (Å²) < 4.78 is 5.06. The highest BCUT2D eigenvalue weighted by atomic mass is 16.5. The Morgan fingerprint density at radius 2 is 2.11 bits per heavy atom. The van der Waals surface area contributed by atoms with Crippen LogP contribution in [-0.2, 0) is 16.0 Å². The maximum absolute atomic E-state index is 12.1. The molecule has 19 heavy (non-hydrogen) atoms. The summed E-state index contributed by atoms with van der Waals surface area (Å²) in [4.78, 5) is 16.4. The molecule has 0 aliphatic heterocycles. The Bertz CT molecular complexity index is 560. The number of methoxy groups -OCH3 is 1. The molecule has 0 N–H and O–H groups in total. The van der Waals surface area contributed by atoms with Crippen LogP contribution in [0.25, 0.3) is 10.9 Å². The van der Waals surface area contributed by atoms with Gasteiger partial charge in [-0.05, 0) is 23.6 Å². The Hall–Kier alpha value is -1.74. The molecule has 0 spiro atoms. The quantitative estimate of drug-likeness (QED) is 0.798. The second-order valence-electron chi connectivity index (χ2n) is 4.97. The fraction of sp³-hybridized carbons (Fsp3) is 0.375. The number of ether oxygens (including phenoxy) is 1. The molecule has 1 atom stereocenters. The van der Waals surface area contributed by atoms with Crippen LogP contribution < -0.4 is 0 Å². The van der Waals surface area contributed by atoms with Crippen LogP contribution in [0.2, 0.25) is 0 Å². The van der Waals surface area contributed by atoms with Crippen LogP contribution in [0.1, 0.15) is 18.9 Å². The predicted molar refractivity (Wildman–Crippen MR) is 76.1 cm³/mol. The largest absolute Gasteiger partial charge is 0.384 e. The number of hydrogen-bond donors (Lipinski definition) is 0. The predicted octanol–water partition coefficient (Wildman–Crippen LogP) is 3.02. The lowest BCUT2D eigenvalue weighted by atomic mass is 9.98. The van der Waals surface area contributed by atoms with Gasteiger partial charge in [0.25, 0.3) is 0 Å². The third-order valence-corrected chi connectivity index (χ3v) is 3.15. The third-order valence-electron chi connectivity index (χ3n) is 3.15. The first-order valence-corrected chi connectivity index (χ1v) is 6.54. The molecule has 3 heteroatoms. The first kappa shape index (κ1) is 13.7. The minimum absolute atomic E-state index is 0.251. The van der Waals surface area contributed by atoms with E-state index in [1.807, 2.05) is 37.3 Å². The number of carbonyl (C=O) groups excluding carboxylic acids is 1. The molecule has 0 radical (unpaired) electrons. The van der Waals surface area contributed by atoms with E-state index in [1.54, 1.807) is 13.3 Å². The molecule has 0 saturated heterocycles. The van der Waals surface area contributed by atoms with Gasteiger partial charge in [0.15, 0.2) is 0 Å². The van der Waals surface area contributed by atoms with Gasteiger partial charge < -0.3 is 4.74 Å². The first-order valence-electron chi connectivity index (χ1n) is 6.54. The summed E-state index contributed by atoms with van der Waals surface area (Å²) in [5.74, 6) is 0.520. The molecule has 3 nitrogen and oxygen atoms in total. The molecule has 0 aliphatic carbocycles. The monoisotopic (exact) mass is 257 g/mol. The topological polar surface area (TPSA) is 39.2 Å². The van der Waals surface area contributed by atoms with Gasteiger partial charge in [-0.25, -0.2) is 0 Å². The number of aromatic nitrogens is 1. The van der Waals surface area contributed by atoms with Crippen LogP contribution in [0.4, 0.5) is 0 Å². The van der Waals surface area contributed by atoms with E-state index >= 15 is 0 Å². The van der Waals surface area contributed by atoms with E-state index in [-0.39, 0.29) is 11.7 Å². The van der Waals surface area contributed by atoms with E-state index in [9.17, 15) is 4.79 Å². The van der Waals surface area contributed by atoms with Gasteiger partial charge in [-0.2, -0.15) is 0 Å². The van der Waals surface area contributed by atoms with Crippen molar-refractivity contribution in [3.05, 3.63) is 42.1 Å². The molecule has 0 fully saturated rings. The molecule has 1 heterocycles. The van der Waals surface area contributed by atoms with Gasteiger partial charge in [0.05, 0.1) is 5.52 Å². The molecule has 0 aliphatic rings. The zero-order valence-electron chi connectivity index (χ0n) is 11.4. The lowest BCUT2D eigenvalue weighted by Gasteiger charge is -2.10. The number of para-hydroxylation sites is 1. The number of fused-ring (bicyclic) bond motifs is 1. The maximum Gasteiger partial charge on any atom is 0.137 e. The Morgan fingerprint density at radius 1 is 1.32 bits per heavy atom. The van der Waals surface area contributed by atoms with Crippen LogP contribution in [0.3, 0.4) is 0 Å². The fourth-order valence-electron chi connectivity index (χ4n) is 2.33. The lowest BCUT2D eigenvalue weighted by molar-refractivity contribution is -0.119. The third kappa shape index (κ3) is 3.61. The number of nitrogens with zero attached hydrogens (tertiary/aromatic N) is 1. The van der Waals surface area contributed by atoms with Gasteiger partial charge in [0, 0.05) is 38.1 Å². The van der Waals surface area contributed by atoms with Crippen molar-refractivity contribution in [2.75, 3.05) is 13.7 Å². The lowest BCUT2D eigenvalue weighted by Crippen LogP contribution is -2.12. The fourth-order valence-corrected chi connectivity index (χ4v) is 2.33. The normalized spacial score (nSPS) is 12.5. The van der Waals surface area contributed by atoms with E-state index < -0.39 is 0 Å². The van der Waals surface area contributed by atoms with Crippen molar-refractivity contribution in [1.82, 2.24) is 4.98 Å². The van der Waals surface area contributed by atoms with E-state index in [0.29, 0.717) is 19.4 Å². The van der Waals surface area contributed by atoms with Gasteiger partial charge in [0.1, 0.15) is 5.78 Å². The number of rotatable bonds is 6. The molecule has 100 valence electrons. The average Bonchev–Trinajstić information content (AvgIpc) is 2.39. The summed E-state index contributed by atoms with van der Waals surface area (Å²) in [5, 5.41) is 1.07. The Labute approximate surface area is 113 Å². The zero-order chi connectivity index (χ0) is 13.7. The van der Waals surface area contributed by atoms with Gasteiger partial charge in [-0.1, -0.05) is 25.1 Å². The van der Waals surface area contributed by atoms with Crippen LogP contribution in [0.5, 0.6) is 0 Å².